The molecule has 7 nitrogen and oxygen atoms in total. The number of pyridine rings is 1. The molecule has 5 rings (SSSR count). The number of benzene rings is 2. The van der Waals surface area contributed by atoms with Crippen molar-refractivity contribution in [2.75, 3.05) is 19.6 Å². The highest BCUT2D eigenvalue weighted by atomic mass is 19.1. The SMILES string of the molecule is Cc1cccc(C)c1-n1cc(-c2nc(C3CCN(CC(=O)O)CC3)oc2-c2ccc(F)cc2F)ccc1=O. The minimum absolute atomic E-state index is 0.0323. The van der Waals surface area contributed by atoms with Crippen molar-refractivity contribution in [3.63, 3.8) is 0 Å². The van der Waals surface area contributed by atoms with Crippen LogP contribution in [-0.4, -0.2) is 45.2 Å². The number of piperidine rings is 1. The van der Waals surface area contributed by atoms with Gasteiger partial charge in [0.25, 0.3) is 5.56 Å². The van der Waals surface area contributed by atoms with Crippen molar-refractivity contribution in [2.24, 2.45) is 0 Å². The first-order valence-electron chi connectivity index (χ1n) is 12.4. The minimum Gasteiger partial charge on any atom is -0.480 e. The third-order valence-corrected chi connectivity index (χ3v) is 6.98. The standard InChI is InChI=1S/C29H27F2N3O4/c1-17-4-3-5-18(2)27(17)34-15-20(6-9-24(34)35)26-28(22-8-7-21(30)14-23(22)31)38-29(32-26)19-10-12-33(13-11-19)16-25(36)37/h3-9,14-15,19H,10-13,16H2,1-2H3,(H,36,37). The Labute approximate surface area is 218 Å². The number of rotatable bonds is 6. The smallest absolute Gasteiger partial charge is 0.317 e. The second-order valence-corrected chi connectivity index (χ2v) is 9.66. The molecule has 2 aromatic heterocycles. The van der Waals surface area contributed by atoms with Gasteiger partial charge in [0.1, 0.15) is 17.3 Å². The lowest BCUT2D eigenvalue weighted by Gasteiger charge is -2.29. The molecular weight excluding hydrogens is 492 g/mol. The van der Waals surface area contributed by atoms with Gasteiger partial charge < -0.3 is 9.52 Å². The molecule has 1 aliphatic rings. The Hall–Kier alpha value is -4.11. The summed E-state index contributed by atoms with van der Waals surface area (Å²) in [6.07, 6.45) is 2.92. The molecule has 0 aliphatic carbocycles. The third-order valence-electron chi connectivity index (χ3n) is 6.98. The van der Waals surface area contributed by atoms with Gasteiger partial charge in [-0.2, -0.15) is 0 Å². The summed E-state index contributed by atoms with van der Waals surface area (Å²) in [5.41, 5.74) is 3.32. The molecule has 0 saturated carbocycles. The number of halogens is 2. The van der Waals surface area contributed by atoms with Crippen LogP contribution in [0, 0.1) is 25.5 Å². The van der Waals surface area contributed by atoms with Crippen LogP contribution in [0.2, 0.25) is 0 Å². The number of aliphatic carboxylic acids is 1. The van der Waals surface area contributed by atoms with Gasteiger partial charge in [0.2, 0.25) is 0 Å². The molecule has 1 fully saturated rings. The van der Waals surface area contributed by atoms with Crippen LogP contribution in [0.4, 0.5) is 8.78 Å². The number of aromatic nitrogens is 2. The number of carboxylic acid groups (broad SMARTS) is 1. The predicted octanol–water partition coefficient (Wildman–Crippen LogP) is 5.32. The van der Waals surface area contributed by atoms with Crippen molar-refractivity contribution in [3.05, 3.63) is 93.7 Å². The van der Waals surface area contributed by atoms with E-state index in [1.165, 1.54) is 12.1 Å². The van der Waals surface area contributed by atoms with Gasteiger partial charge in [-0.1, -0.05) is 18.2 Å². The van der Waals surface area contributed by atoms with E-state index >= 15 is 0 Å². The van der Waals surface area contributed by atoms with Gasteiger partial charge in [-0.05, 0) is 69.1 Å². The first kappa shape index (κ1) is 25.5. The summed E-state index contributed by atoms with van der Waals surface area (Å²) in [6, 6.07) is 12.1. The monoisotopic (exact) mass is 519 g/mol. The molecule has 9 heteroatoms. The summed E-state index contributed by atoms with van der Waals surface area (Å²) < 4.78 is 36.3. The molecule has 1 N–H and O–H groups in total. The number of carbonyl (C=O) groups is 1. The number of carboxylic acids is 1. The fourth-order valence-corrected chi connectivity index (χ4v) is 5.08. The lowest BCUT2D eigenvalue weighted by Crippen LogP contribution is -2.36. The molecule has 0 unspecified atom stereocenters. The molecule has 0 atom stereocenters. The zero-order valence-electron chi connectivity index (χ0n) is 21.1. The molecular formula is C29H27F2N3O4. The van der Waals surface area contributed by atoms with E-state index in [2.05, 4.69) is 0 Å². The van der Waals surface area contributed by atoms with Crippen molar-refractivity contribution in [1.82, 2.24) is 14.5 Å². The lowest BCUT2D eigenvalue weighted by molar-refractivity contribution is -0.138. The van der Waals surface area contributed by atoms with E-state index in [0.717, 1.165) is 28.9 Å². The predicted molar refractivity (Wildman–Crippen MR) is 138 cm³/mol. The Kier molecular flexibility index (Phi) is 6.94. The van der Waals surface area contributed by atoms with Gasteiger partial charge in [-0.15, -0.1) is 0 Å². The molecule has 2 aromatic carbocycles. The molecule has 1 saturated heterocycles. The van der Waals surface area contributed by atoms with Gasteiger partial charge in [-0.3, -0.25) is 19.1 Å². The number of oxazole rings is 1. The molecule has 38 heavy (non-hydrogen) atoms. The molecule has 4 aromatic rings. The highest BCUT2D eigenvalue weighted by Gasteiger charge is 2.29. The number of para-hydroxylation sites is 1. The fourth-order valence-electron chi connectivity index (χ4n) is 5.08. The summed E-state index contributed by atoms with van der Waals surface area (Å²) in [5, 5.41) is 9.09. The summed E-state index contributed by atoms with van der Waals surface area (Å²) in [4.78, 5) is 30.6. The van der Waals surface area contributed by atoms with Gasteiger partial charge in [0.15, 0.2) is 11.7 Å². The first-order valence-corrected chi connectivity index (χ1v) is 12.4. The first-order chi connectivity index (χ1) is 18.2. The maximum atomic E-state index is 14.9. The number of hydrogen-bond acceptors (Lipinski definition) is 5. The summed E-state index contributed by atoms with van der Waals surface area (Å²) >= 11 is 0. The van der Waals surface area contributed by atoms with E-state index in [9.17, 15) is 18.4 Å². The van der Waals surface area contributed by atoms with Crippen molar-refractivity contribution >= 4 is 5.97 Å². The van der Waals surface area contributed by atoms with Crippen LogP contribution >= 0.6 is 0 Å². The Bertz CT molecular complexity index is 1550. The second kappa shape index (κ2) is 10.3. The van der Waals surface area contributed by atoms with Crippen LogP contribution in [0.3, 0.4) is 0 Å². The van der Waals surface area contributed by atoms with Crippen LogP contribution in [0.5, 0.6) is 0 Å². The van der Waals surface area contributed by atoms with Gasteiger partial charge in [0.05, 0.1) is 17.8 Å². The van der Waals surface area contributed by atoms with Gasteiger partial charge in [-0.25, -0.2) is 13.8 Å². The maximum absolute atomic E-state index is 14.9. The quantitative estimate of drug-likeness (QED) is 0.371. The zero-order chi connectivity index (χ0) is 27.0. The largest absolute Gasteiger partial charge is 0.480 e. The van der Waals surface area contributed by atoms with E-state index in [-0.39, 0.29) is 29.3 Å². The van der Waals surface area contributed by atoms with E-state index < -0.39 is 17.6 Å². The molecule has 0 bridgehead atoms. The van der Waals surface area contributed by atoms with Gasteiger partial charge >= 0.3 is 5.97 Å². The number of aryl methyl sites for hydroxylation is 2. The zero-order valence-corrected chi connectivity index (χ0v) is 21.1. The third kappa shape index (κ3) is 5.02. The normalized spacial score (nSPS) is 14.6. The van der Waals surface area contributed by atoms with Crippen LogP contribution < -0.4 is 5.56 Å². The summed E-state index contributed by atoms with van der Waals surface area (Å²) in [7, 11) is 0. The van der Waals surface area contributed by atoms with E-state index in [1.54, 1.807) is 16.8 Å². The van der Waals surface area contributed by atoms with E-state index in [0.29, 0.717) is 43.1 Å². The van der Waals surface area contributed by atoms with Crippen molar-refractivity contribution < 1.29 is 23.1 Å². The highest BCUT2D eigenvalue weighted by molar-refractivity contribution is 5.77. The minimum atomic E-state index is -0.880. The van der Waals surface area contributed by atoms with Crippen molar-refractivity contribution in [1.29, 1.82) is 0 Å². The van der Waals surface area contributed by atoms with Crippen LogP contribution in [0.25, 0.3) is 28.3 Å². The fraction of sp³-hybridized carbons (Fsp3) is 0.276. The molecule has 3 heterocycles. The van der Waals surface area contributed by atoms with Gasteiger partial charge in [0, 0.05) is 29.8 Å². The van der Waals surface area contributed by atoms with Crippen LogP contribution in [0.15, 0.2) is 63.9 Å². The molecule has 0 radical (unpaired) electrons. The van der Waals surface area contributed by atoms with Crippen LogP contribution in [-0.2, 0) is 4.79 Å². The second-order valence-electron chi connectivity index (χ2n) is 9.66. The molecule has 0 spiro atoms. The average Bonchev–Trinajstić information content (AvgIpc) is 3.30. The lowest BCUT2D eigenvalue weighted by atomic mass is 9.97. The average molecular weight is 520 g/mol. The molecule has 196 valence electrons. The number of nitrogens with zero attached hydrogens (tertiary/aromatic N) is 3. The Morgan fingerprint density at radius 2 is 1.79 bits per heavy atom. The van der Waals surface area contributed by atoms with Crippen LogP contribution in [0.1, 0.15) is 35.8 Å². The van der Waals surface area contributed by atoms with Crippen molar-refractivity contribution in [3.8, 4) is 28.3 Å². The Morgan fingerprint density at radius 3 is 2.45 bits per heavy atom. The Balaban J connectivity index is 1.61. The van der Waals surface area contributed by atoms with E-state index in [1.807, 2.05) is 36.9 Å². The summed E-state index contributed by atoms with van der Waals surface area (Å²) in [6.45, 7) is 4.94. The Morgan fingerprint density at radius 1 is 1.08 bits per heavy atom. The van der Waals surface area contributed by atoms with E-state index in [4.69, 9.17) is 14.5 Å². The topological polar surface area (TPSA) is 88.6 Å². The molecule has 0 amide bonds. The maximum Gasteiger partial charge on any atom is 0.317 e. The highest BCUT2D eigenvalue weighted by Crippen LogP contribution is 2.38. The number of likely N-dealkylation sites (tertiary alicyclic amines) is 1. The van der Waals surface area contributed by atoms with Crippen molar-refractivity contribution in [2.45, 2.75) is 32.6 Å². The summed E-state index contributed by atoms with van der Waals surface area (Å²) in [5.74, 6) is -1.92. The number of hydrogen-bond donors (Lipinski definition) is 1. The molecule has 1 aliphatic heterocycles.